The molecule has 1 aromatic heterocycles. The normalized spacial score (nSPS) is 18.2. The maximum atomic E-state index is 5.46. The van der Waals surface area contributed by atoms with Crippen molar-refractivity contribution in [3.8, 4) is 5.75 Å². The number of benzene rings is 1. The minimum absolute atomic E-state index is 0.357. The summed E-state index contributed by atoms with van der Waals surface area (Å²) < 4.78 is 13.0. The lowest BCUT2D eigenvalue weighted by molar-refractivity contribution is 0.131. The third-order valence-corrected chi connectivity index (χ3v) is 4.26. The van der Waals surface area contributed by atoms with Crippen LogP contribution >= 0.6 is 0 Å². The second-order valence-electron chi connectivity index (χ2n) is 5.82. The quantitative estimate of drug-likeness (QED) is 0.848. The highest BCUT2D eigenvalue weighted by Crippen LogP contribution is 2.29. The van der Waals surface area contributed by atoms with Crippen molar-refractivity contribution in [1.29, 1.82) is 0 Å². The number of methoxy groups -OCH3 is 2. The summed E-state index contributed by atoms with van der Waals surface area (Å²) >= 11 is 0. The average molecular weight is 301 g/mol. The van der Waals surface area contributed by atoms with Crippen LogP contribution in [-0.2, 0) is 24.9 Å². The van der Waals surface area contributed by atoms with Gasteiger partial charge in [0.15, 0.2) is 0 Å². The summed E-state index contributed by atoms with van der Waals surface area (Å²) in [6.45, 7) is 3.42. The van der Waals surface area contributed by atoms with E-state index in [4.69, 9.17) is 9.47 Å². The molecule has 0 unspecified atom stereocenters. The zero-order valence-electron chi connectivity index (χ0n) is 13.5. The van der Waals surface area contributed by atoms with Crippen molar-refractivity contribution in [1.82, 2.24) is 14.5 Å². The second kappa shape index (κ2) is 6.50. The molecule has 0 N–H and O–H groups in total. The van der Waals surface area contributed by atoms with Gasteiger partial charge in [-0.2, -0.15) is 0 Å². The van der Waals surface area contributed by atoms with E-state index in [9.17, 15) is 0 Å². The van der Waals surface area contributed by atoms with E-state index in [1.807, 2.05) is 18.5 Å². The number of imidazole rings is 1. The fourth-order valence-corrected chi connectivity index (χ4v) is 3.34. The van der Waals surface area contributed by atoms with Crippen LogP contribution in [-0.4, -0.2) is 41.8 Å². The van der Waals surface area contributed by atoms with Crippen molar-refractivity contribution in [2.75, 3.05) is 27.4 Å². The van der Waals surface area contributed by atoms with Crippen LogP contribution in [0.25, 0.3) is 0 Å². The Morgan fingerprint density at radius 1 is 1.27 bits per heavy atom. The number of hydrogen-bond donors (Lipinski definition) is 0. The van der Waals surface area contributed by atoms with E-state index in [2.05, 4.69) is 33.6 Å². The van der Waals surface area contributed by atoms with E-state index in [1.54, 1.807) is 14.2 Å². The Hall–Kier alpha value is -1.85. The fraction of sp³-hybridized carbons (Fsp3) is 0.471. The first-order chi connectivity index (χ1) is 10.7. The number of hydrogen-bond acceptors (Lipinski definition) is 4. The minimum Gasteiger partial charge on any atom is -0.496 e. The third kappa shape index (κ3) is 2.87. The maximum Gasteiger partial charge on any atom is 0.123 e. The van der Waals surface area contributed by atoms with E-state index < -0.39 is 0 Å². The highest BCUT2D eigenvalue weighted by atomic mass is 16.5. The molecule has 118 valence electrons. The molecule has 22 heavy (non-hydrogen) atoms. The molecule has 0 saturated carbocycles. The predicted molar refractivity (Wildman–Crippen MR) is 84.9 cm³/mol. The Balaban J connectivity index is 1.82. The molecule has 2 heterocycles. The summed E-state index contributed by atoms with van der Waals surface area (Å²) in [4.78, 5) is 6.97. The number of fused-ring (bicyclic) bond motifs is 1. The Morgan fingerprint density at radius 3 is 2.86 bits per heavy atom. The number of para-hydroxylation sites is 1. The van der Waals surface area contributed by atoms with Gasteiger partial charge in [-0.25, -0.2) is 4.98 Å². The highest BCUT2D eigenvalue weighted by Gasteiger charge is 2.29. The van der Waals surface area contributed by atoms with Crippen LogP contribution in [0.15, 0.2) is 30.6 Å². The Labute approximate surface area is 131 Å². The van der Waals surface area contributed by atoms with Gasteiger partial charge in [0.1, 0.15) is 5.75 Å². The molecular weight excluding hydrogens is 278 g/mol. The number of rotatable bonds is 5. The summed E-state index contributed by atoms with van der Waals surface area (Å²) in [6.07, 6.45) is 1.90. The van der Waals surface area contributed by atoms with Crippen molar-refractivity contribution in [3.63, 3.8) is 0 Å². The van der Waals surface area contributed by atoms with E-state index in [-0.39, 0.29) is 0 Å². The molecule has 2 aromatic rings. The molecule has 1 atom stereocenters. The lowest BCUT2D eigenvalue weighted by Gasteiger charge is -2.32. The zero-order valence-corrected chi connectivity index (χ0v) is 13.5. The van der Waals surface area contributed by atoms with Gasteiger partial charge in [0.25, 0.3) is 0 Å². The van der Waals surface area contributed by atoms with Gasteiger partial charge < -0.3 is 14.0 Å². The molecule has 0 spiro atoms. The largest absolute Gasteiger partial charge is 0.496 e. The van der Waals surface area contributed by atoms with Crippen LogP contribution in [0.1, 0.15) is 22.9 Å². The Morgan fingerprint density at radius 2 is 2.09 bits per heavy atom. The number of aromatic nitrogens is 2. The lowest BCUT2D eigenvalue weighted by atomic mass is 9.98. The summed E-state index contributed by atoms with van der Waals surface area (Å²) in [7, 11) is 5.54. The van der Waals surface area contributed by atoms with Crippen LogP contribution in [0, 0.1) is 0 Å². The summed E-state index contributed by atoms with van der Waals surface area (Å²) in [5.41, 5.74) is 3.67. The molecule has 1 aliphatic heterocycles. The summed E-state index contributed by atoms with van der Waals surface area (Å²) in [6, 6.07) is 8.19. The van der Waals surface area contributed by atoms with Crippen LogP contribution in [0.2, 0.25) is 0 Å². The van der Waals surface area contributed by atoms with Gasteiger partial charge in [-0.3, -0.25) is 4.90 Å². The molecular formula is C17H23N3O2. The molecule has 0 bridgehead atoms. The third-order valence-electron chi connectivity index (χ3n) is 4.26. The molecule has 0 aliphatic carbocycles. The van der Waals surface area contributed by atoms with Gasteiger partial charge in [-0.05, 0) is 6.07 Å². The first-order valence-electron chi connectivity index (χ1n) is 7.56. The number of nitrogens with zero attached hydrogens (tertiary/aromatic N) is 3. The van der Waals surface area contributed by atoms with Crippen molar-refractivity contribution in [3.05, 3.63) is 47.5 Å². The molecule has 0 amide bonds. The topological polar surface area (TPSA) is 39.5 Å². The van der Waals surface area contributed by atoms with Gasteiger partial charge in [-0.1, -0.05) is 18.2 Å². The number of ether oxygens (including phenoxy) is 2. The Bertz CT molecular complexity index is 639. The van der Waals surface area contributed by atoms with Gasteiger partial charge >= 0.3 is 0 Å². The number of aryl methyl sites for hydroxylation is 1. The van der Waals surface area contributed by atoms with Gasteiger partial charge in [0.05, 0.1) is 25.7 Å². The van der Waals surface area contributed by atoms with Crippen LogP contribution in [0.3, 0.4) is 0 Å². The van der Waals surface area contributed by atoms with Crippen LogP contribution in [0.5, 0.6) is 5.75 Å². The molecule has 0 saturated heterocycles. The molecule has 3 rings (SSSR count). The standard InChI is InChI=1S/C17H23N3O2/c1-19-12-18-15-10-20(9-14(11-21-2)17(15)19)8-13-6-4-5-7-16(13)22-3/h4-7,12,14H,8-11H2,1-3H3/t14-/m1/s1. The van der Waals surface area contributed by atoms with Crippen LogP contribution < -0.4 is 4.74 Å². The minimum atomic E-state index is 0.357. The first kappa shape index (κ1) is 15.1. The van der Waals surface area contributed by atoms with Crippen molar-refractivity contribution in [2.24, 2.45) is 7.05 Å². The molecule has 1 aromatic carbocycles. The fourth-order valence-electron chi connectivity index (χ4n) is 3.34. The van der Waals surface area contributed by atoms with E-state index >= 15 is 0 Å². The van der Waals surface area contributed by atoms with Gasteiger partial charge in [0, 0.05) is 51.0 Å². The summed E-state index contributed by atoms with van der Waals surface area (Å²) in [5, 5.41) is 0. The molecule has 5 heteroatoms. The van der Waals surface area contributed by atoms with Crippen molar-refractivity contribution >= 4 is 0 Å². The van der Waals surface area contributed by atoms with E-state index in [0.29, 0.717) is 5.92 Å². The van der Waals surface area contributed by atoms with Gasteiger partial charge in [-0.15, -0.1) is 0 Å². The summed E-state index contributed by atoms with van der Waals surface area (Å²) in [5.74, 6) is 1.30. The zero-order chi connectivity index (χ0) is 15.5. The Kier molecular flexibility index (Phi) is 4.45. The molecule has 5 nitrogen and oxygen atoms in total. The van der Waals surface area contributed by atoms with E-state index in [0.717, 1.165) is 37.7 Å². The molecule has 0 radical (unpaired) electrons. The first-order valence-corrected chi connectivity index (χ1v) is 7.56. The smallest absolute Gasteiger partial charge is 0.123 e. The van der Waals surface area contributed by atoms with E-state index in [1.165, 1.54) is 11.3 Å². The van der Waals surface area contributed by atoms with Crippen LogP contribution in [0.4, 0.5) is 0 Å². The second-order valence-corrected chi connectivity index (χ2v) is 5.82. The maximum absolute atomic E-state index is 5.46. The monoisotopic (exact) mass is 301 g/mol. The van der Waals surface area contributed by atoms with Gasteiger partial charge in [0.2, 0.25) is 0 Å². The highest BCUT2D eigenvalue weighted by molar-refractivity contribution is 5.33. The molecule has 1 aliphatic rings. The lowest BCUT2D eigenvalue weighted by Crippen LogP contribution is -2.35. The average Bonchev–Trinajstić information content (AvgIpc) is 2.90. The SMILES string of the molecule is COC[C@H]1CN(Cc2ccccc2OC)Cc2ncn(C)c21. The predicted octanol–water partition coefficient (Wildman–Crippen LogP) is 2.17. The molecule has 0 fully saturated rings. The van der Waals surface area contributed by atoms with Crippen molar-refractivity contribution in [2.45, 2.75) is 19.0 Å². The van der Waals surface area contributed by atoms with Crippen molar-refractivity contribution < 1.29 is 9.47 Å².